The van der Waals surface area contributed by atoms with E-state index in [1.165, 1.54) is 19.2 Å². The molecule has 0 spiro atoms. The zero-order chi connectivity index (χ0) is 24.2. The van der Waals surface area contributed by atoms with Crippen molar-refractivity contribution in [3.63, 3.8) is 0 Å². The van der Waals surface area contributed by atoms with Crippen LogP contribution in [0.5, 0.6) is 17.2 Å². The van der Waals surface area contributed by atoms with Crippen LogP contribution in [0.3, 0.4) is 0 Å². The van der Waals surface area contributed by atoms with Gasteiger partial charge in [-0.05, 0) is 53.1 Å². The van der Waals surface area contributed by atoms with Crippen LogP contribution in [0.1, 0.15) is 27.0 Å². The molecule has 1 heterocycles. The number of ether oxygens (including phenoxy) is 3. The van der Waals surface area contributed by atoms with Gasteiger partial charge in [-0.2, -0.15) is 8.78 Å². The van der Waals surface area contributed by atoms with Gasteiger partial charge in [0.2, 0.25) is 0 Å². The fourth-order valence-corrected chi connectivity index (χ4v) is 3.74. The largest absolute Gasteiger partial charge is 0.497 e. The van der Waals surface area contributed by atoms with Gasteiger partial charge in [0.25, 0.3) is 11.8 Å². The van der Waals surface area contributed by atoms with Gasteiger partial charge in [0.15, 0.2) is 11.5 Å². The minimum absolute atomic E-state index is 0.0652. The third-order valence-electron chi connectivity index (χ3n) is 5.38. The number of benzene rings is 3. The van der Waals surface area contributed by atoms with Gasteiger partial charge in [-0.3, -0.25) is 14.5 Å². The number of fused-ring (bicyclic) bond motifs is 1. The highest BCUT2D eigenvalue weighted by Gasteiger charge is 2.34. The molecule has 6 nitrogen and oxygen atoms in total. The second-order valence-corrected chi connectivity index (χ2v) is 7.44. The summed E-state index contributed by atoms with van der Waals surface area (Å²) in [5.74, 6) is -0.271. The second kappa shape index (κ2) is 9.74. The van der Waals surface area contributed by atoms with E-state index in [-0.39, 0.29) is 23.6 Å². The number of carbonyl (C=O) groups is 2. The number of imide groups is 1. The van der Waals surface area contributed by atoms with Gasteiger partial charge in [0.1, 0.15) is 5.75 Å². The maximum absolute atomic E-state index is 13.5. The first-order chi connectivity index (χ1) is 16.4. The summed E-state index contributed by atoms with van der Waals surface area (Å²) in [5, 5.41) is 0. The summed E-state index contributed by atoms with van der Waals surface area (Å²) < 4.78 is 40.5. The number of nitrogens with zero attached hydrogens (tertiary/aromatic N) is 1. The number of methoxy groups -OCH3 is 2. The molecule has 2 amide bonds. The summed E-state index contributed by atoms with van der Waals surface area (Å²) >= 11 is 0. The highest BCUT2D eigenvalue weighted by atomic mass is 19.3. The van der Waals surface area contributed by atoms with E-state index in [9.17, 15) is 18.4 Å². The van der Waals surface area contributed by atoms with Gasteiger partial charge in [-0.15, -0.1) is 0 Å². The van der Waals surface area contributed by atoms with Crippen molar-refractivity contribution < 1.29 is 32.6 Å². The highest BCUT2D eigenvalue weighted by Crippen LogP contribution is 2.34. The number of amides is 2. The Kier molecular flexibility index (Phi) is 6.58. The summed E-state index contributed by atoms with van der Waals surface area (Å²) in [6.45, 7) is -2.97. The molecule has 0 bridgehead atoms. The minimum Gasteiger partial charge on any atom is -0.497 e. The lowest BCUT2D eigenvalue weighted by atomic mass is 9.91. The standard InChI is InChI=1S/C26H21F2NO5/c1-32-18-10-7-16(8-11-18)15-29-24(30)20-6-4-3-5-19(20)21(25(29)31)13-17-9-12-22(33-2)23(14-17)34-26(27)28/h3-14,26H,15H2,1-2H3/b21-13-. The molecule has 1 aliphatic rings. The molecular formula is C26H21F2NO5. The van der Waals surface area contributed by atoms with Crippen LogP contribution < -0.4 is 14.2 Å². The Hall–Kier alpha value is -4.20. The Morgan fingerprint density at radius 2 is 1.56 bits per heavy atom. The summed E-state index contributed by atoms with van der Waals surface area (Å²) in [4.78, 5) is 27.8. The van der Waals surface area contributed by atoms with Crippen molar-refractivity contribution in [2.45, 2.75) is 13.2 Å². The van der Waals surface area contributed by atoms with Crippen molar-refractivity contribution in [1.29, 1.82) is 0 Å². The molecule has 34 heavy (non-hydrogen) atoms. The Labute approximate surface area is 195 Å². The molecule has 8 heteroatoms. The molecular weight excluding hydrogens is 444 g/mol. The van der Waals surface area contributed by atoms with Gasteiger partial charge in [0.05, 0.1) is 20.8 Å². The van der Waals surface area contributed by atoms with Crippen LogP contribution in [0.25, 0.3) is 11.6 Å². The van der Waals surface area contributed by atoms with E-state index < -0.39 is 18.4 Å². The number of hydrogen-bond donors (Lipinski definition) is 0. The van der Waals surface area contributed by atoms with Crippen LogP contribution in [0.2, 0.25) is 0 Å². The molecule has 0 fully saturated rings. The maximum Gasteiger partial charge on any atom is 0.387 e. The molecule has 0 aliphatic carbocycles. The normalized spacial score (nSPS) is 14.4. The average Bonchev–Trinajstić information content (AvgIpc) is 2.84. The highest BCUT2D eigenvalue weighted by molar-refractivity contribution is 6.33. The topological polar surface area (TPSA) is 65.1 Å². The molecule has 0 unspecified atom stereocenters. The quantitative estimate of drug-likeness (QED) is 0.362. The second-order valence-electron chi connectivity index (χ2n) is 7.44. The lowest BCUT2D eigenvalue weighted by molar-refractivity contribution is -0.123. The lowest BCUT2D eigenvalue weighted by Crippen LogP contribution is -2.41. The van der Waals surface area contributed by atoms with E-state index in [4.69, 9.17) is 9.47 Å². The molecule has 3 aromatic carbocycles. The van der Waals surface area contributed by atoms with E-state index in [2.05, 4.69) is 4.74 Å². The molecule has 1 aliphatic heterocycles. The predicted octanol–water partition coefficient (Wildman–Crippen LogP) is 5.03. The summed E-state index contributed by atoms with van der Waals surface area (Å²) in [7, 11) is 2.90. The van der Waals surface area contributed by atoms with Gasteiger partial charge in [-0.25, -0.2) is 0 Å². The number of halogens is 2. The molecule has 0 radical (unpaired) electrons. The number of carbonyl (C=O) groups excluding carboxylic acids is 2. The monoisotopic (exact) mass is 465 g/mol. The van der Waals surface area contributed by atoms with Crippen LogP contribution in [0, 0.1) is 0 Å². The van der Waals surface area contributed by atoms with Gasteiger partial charge >= 0.3 is 6.61 Å². The van der Waals surface area contributed by atoms with Gasteiger partial charge in [-0.1, -0.05) is 36.4 Å². The fraction of sp³-hybridized carbons (Fsp3) is 0.154. The first-order valence-corrected chi connectivity index (χ1v) is 10.3. The lowest BCUT2D eigenvalue weighted by Gasteiger charge is -2.29. The van der Waals surface area contributed by atoms with Crippen molar-refractivity contribution >= 4 is 23.5 Å². The minimum atomic E-state index is -3.04. The van der Waals surface area contributed by atoms with Crippen molar-refractivity contribution in [1.82, 2.24) is 4.90 Å². The molecule has 0 saturated carbocycles. The van der Waals surface area contributed by atoms with E-state index in [1.54, 1.807) is 67.8 Å². The summed E-state index contributed by atoms with van der Waals surface area (Å²) in [6, 6.07) is 18.3. The van der Waals surface area contributed by atoms with Crippen molar-refractivity contribution in [3.05, 3.63) is 89.0 Å². The van der Waals surface area contributed by atoms with Crippen molar-refractivity contribution in [3.8, 4) is 17.2 Å². The molecule has 0 aromatic heterocycles. The third-order valence-corrected chi connectivity index (χ3v) is 5.38. The summed E-state index contributed by atoms with van der Waals surface area (Å²) in [6.07, 6.45) is 1.55. The Morgan fingerprint density at radius 1 is 0.853 bits per heavy atom. The number of rotatable bonds is 7. The Morgan fingerprint density at radius 3 is 2.21 bits per heavy atom. The zero-order valence-electron chi connectivity index (χ0n) is 18.5. The van der Waals surface area contributed by atoms with Gasteiger partial charge in [0, 0.05) is 11.1 Å². The van der Waals surface area contributed by atoms with Crippen LogP contribution in [0.4, 0.5) is 8.78 Å². The molecule has 4 rings (SSSR count). The van der Waals surface area contributed by atoms with E-state index in [0.29, 0.717) is 22.4 Å². The van der Waals surface area contributed by atoms with Crippen LogP contribution >= 0.6 is 0 Å². The van der Waals surface area contributed by atoms with Crippen molar-refractivity contribution in [2.75, 3.05) is 14.2 Å². The Bertz CT molecular complexity index is 1250. The molecule has 0 saturated heterocycles. The van der Waals surface area contributed by atoms with E-state index in [1.807, 2.05) is 0 Å². The average molecular weight is 465 g/mol. The SMILES string of the molecule is COc1ccc(CN2C(=O)/C(=C\c3ccc(OC)c(OC(F)F)c3)c3ccccc3C2=O)cc1. The first-order valence-electron chi connectivity index (χ1n) is 10.3. The molecule has 3 aromatic rings. The fourth-order valence-electron chi connectivity index (χ4n) is 3.74. The smallest absolute Gasteiger partial charge is 0.387 e. The zero-order valence-corrected chi connectivity index (χ0v) is 18.5. The maximum atomic E-state index is 13.5. The van der Waals surface area contributed by atoms with Crippen LogP contribution in [-0.4, -0.2) is 37.5 Å². The summed E-state index contributed by atoms with van der Waals surface area (Å²) in [5.41, 5.74) is 2.29. The molecule has 174 valence electrons. The molecule has 0 N–H and O–H groups in total. The third kappa shape index (κ3) is 4.61. The van der Waals surface area contributed by atoms with E-state index in [0.717, 1.165) is 10.5 Å². The number of alkyl halides is 2. The van der Waals surface area contributed by atoms with Crippen LogP contribution in [-0.2, 0) is 11.3 Å². The van der Waals surface area contributed by atoms with E-state index >= 15 is 0 Å². The van der Waals surface area contributed by atoms with Gasteiger partial charge < -0.3 is 14.2 Å². The number of hydrogen-bond acceptors (Lipinski definition) is 5. The predicted molar refractivity (Wildman–Crippen MR) is 122 cm³/mol. The first kappa shape index (κ1) is 23.0. The van der Waals surface area contributed by atoms with Crippen LogP contribution in [0.15, 0.2) is 66.7 Å². The van der Waals surface area contributed by atoms with Crippen molar-refractivity contribution in [2.24, 2.45) is 0 Å². The Balaban J connectivity index is 1.75. The molecule has 0 atom stereocenters.